The predicted octanol–water partition coefficient (Wildman–Crippen LogP) is 0.355. The zero-order valence-corrected chi connectivity index (χ0v) is 13.8. The van der Waals surface area contributed by atoms with Crippen LogP contribution in [0.3, 0.4) is 0 Å². The summed E-state index contributed by atoms with van der Waals surface area (Å²) in [5.41, 5.74) is 0. The Kier molecular flexibility index (Phi) is 4.03. The predicted molar refractivity (Wildman–Crippen MR) is 73.4 cm³/mol. The van der Waals surface area contributed by atoms with Crippen molar-refractivity contribution >= 4 is 54.2 Å². The first-order valence-electron chi connectivity index (χ1n) is 4.63. The van der Waals surface area contributed by atoms with Crippen LogP contribution in [0.4, 0.5) is 0 Å². The van der Waals surface area contributed by atoms with E-state index in [2.05, 4.69) is 48.5 Å². The number of hydrogen-bond acceptors (Lipinski definition) is 1. The number of benzene rings is 2. The third-order valence-electron chi connectivity index (χ3n) is 2.00. The molecule has 0 amide bonds. The van der Waals surface area contributed by atoms with E-state index >= 15 is 0 Å². The molecule has 0 spiro atoms. The van der Waals surface area contributed by atoms with E-state index in [1.807, 2.05) is 11.8 Å². The van der Waals surface area contributed by atoms with Crippen molar-refractivity contribution in [3.63, 3.8) is 0 Å². The second kappa shape index (κ2) is 5.30. The van der Waals surface area contributed by atoms with Crippen LogP contribution in [0, 0.1) is 0 Å². The quantitative estimate of drug-likeness (QED) is 0.713. The summed E-state index contributed by atoms with van der Waals surface area (Å²) in [5.74, 6) is 0. The van der Waals surface area contributed by atoms with Crippen LogP contribution >= 0.6 is 11.8 Å². The summed E-state index contributed by atoms with van der Waals surface area (Å²) in [6.45, 7) is 0. The molecule has 0 aromatic heterocycles. The van der Waals surface area contributed by atoms with E-state index < -0.39 is 0 Å². The SMILES string of the molecule is [AsH2]c1ccc(Sc2ccc([AsH2])cc2)cc1. The molecular formula is C12H12As2S. The Labute approximate surface area is 112 Å². The number of hydrogen-bond donors (Lipinski definition) is 0. The summed E-state index contributed by atoms with van der Waals surface area (Å²) in [4.78, 5) is 2.62. The molecule has 0 fully saturated rings. The second-order valence-corrected chi connectivity index (χ2v) is 7.18. The first kappa shape index (κ1) is 11.4. The fraction of sp³-hybridized carbons (Fsp3) is 0. The molecule has 0 heterocycles. The van der Waals surface area contributed by atoms with Gasteiger partial charge in [-0.2, -0.15) is 0 Å². The third-order valence-corrected chi connectivity index (χ3v) is 4.63. The number of rotatable bonds is 2. The minimum absolute atomic E-state index is 1.31. The van der Waals surface area contributed by atoms with Gasteiger partial charge in [0.05, 0.1) is 0 Å². The van der Waals surface area contributed by atoms with E-state index in [1.165, 1.54) is 18.5 Å². The van der Waals surface area contributed by atoms with Crippen LogP contribution in [0.2, 0.25) is 0 Å². The second-order valence-electron chi connectivity index (χ2n) is 3.24. The van der Waals surface area contributed by atoms with Gasteiger partial charge in [0.1, 0.15) is 0 Å². The normalized spacial score (nSPS) is 10.3. The Hall–Kier alpha value is -0.0931. The van der Waals surface area contributed by atoms with E-state index in [0.717, 1.165) is 0 Å². The van der Waals surface area contributed by atoms with Gasteiger partial charge < -0.3 is 0 Å². The molecule has 0 nitrogen and oxygen atoms in total. The van der Waals surface area contributed by atoms with Gasteiger partial charge in [-0.15, -0.1) is 0 Å². The Bertz CT molecular complexity index is 391. The Morgan fingerprint density at radius 3 is 1.27 bits per heavy atom. The molecule has 2 rings (SSSR count). The van der Waals surface area contributed by atoms with Gasteiger partial charge in [0, 0.05) is 0 Å². The van der Waals surface area contributed by atoms with Gasteiger partial charge in [-0.1, -0.05) is 0 Å². The van der Waals surface area contributed by atoms with Gasteiger partial charge in [0.25, 0.3) is 0 Å². The van der Waals surface area contributed by atoms with E-state index in [4.69, 9.17) is 0 Å². The fourth-order valence-electron chi connectivity index (χ4n) is 1.21. The topological polar surface area (TPSA) is 0 Å². The van der Waals surface area contributed by atoms with Crippen molar-refractivity contribution in [3.05, 3.63) is 48.5 Å². The molecule has 0 aliphatic rings. The summed E-state index contributed by atoms with van der Waals surface area (Å²) in [7, 11) is 0. The van der Waals surface area contributed by atoms with E-state index in [9.17, 15) is 0 Å². The molecule has 0 saturated carbocycles. The molecule has 2 atom stereocenters. The van der Waals surface area contributed by atoms with Crippen LogP contribution in [0.25, 0.3) is 0 Å². The molecule has 76 valence electrons. The molecule has 0 aliphatic carbocycles. The average Bonchev–Trinajstić information content (AvgIpc) is 2.25. The summed E-state index contributed by atoms with van der Waals surface area (Å²) in [6, 6.07) is 17.5. The van der Waals surface area contributed by atoms with Gasteiger partial charge >= 0.3 is 112 Å². The van der Waals surface area contributed by atoms with Crippen molar-refractivity contribution < 1.29 is 0 Å². The summed E-state index contributed by atoms with van der Waals surface area (Å²) in [6.07, 6.45) is 0. The summed E-state index contributed by atoms with van der Waals surface area (Å²) >= 11 is 5.17. The third kappa shape index (κ3) is 3.45. The molecule has 3 heteroatoms. The maximum absolute atomic E-state index is 2.19. The molecule has 0 bridgehead atoms. The summed E-state index contributed by atoms with van der Waals surface area (Å²) in [5, 5.41) is 0. The molecule has 0 aliphatic heterocycles. The average molecular weight is 338 g/mol. The zero-order chi connectivity index (χ0) is 10.7. The van der Waals surface area contributed by atoms with Crippen molar-refractivity contribution in [2.75, 3.05) is 0 Å². The Morgan fingerprint density at radius 2 is 0.933 bits per heavy atom. The van der Waals surface area contributed by atoms with Crippen molar-refractivity contribution in [1.29, 1.82) is 0 Å². The van der Waals surface area contributed by atoms with E-state index in [1.54, 1.807) is 33.7 Å². The van der Waals surface area contributed by atoms with E-state index in [-0.39, 0.29) is 0 Å². The fourth-order valence-corrected chi connectivity index (χ4v) is 2.83. The van der Waals surface area contributed by atoms with Crippen molar-refractivity contribution in [2.24, 2.45) is 0 Å². The molecule has 0 N–H and O–H groups in total. The Balaban J connectivity index is 2.15. The molecule has 0 radical (unpaired) electrons. The minimum atomic E-state index is 1.31. The van der Waals surface area contributed by atoms with Crippen LogP contribution in [-0.2, 0) is 0 Å². The maximum atomic E-state index is 2.19. The van der Waals surface area contributed by atoms with Crippen LogP contribution in [0.5, 0.6) is 0 Å². The molecular weight excluding hydrogens is 326 g/mol. The van der Waals surface area contributed by atoms with Gasteiger partial charge in [0.15, 0.2) is 0 Å². The molecule has 2 unspecified atom stereocenters. The van der Waals surface area contributed by atoms with Gasteiger partial charge in [-0.3, -0.25) is 0 Å². The molecule has 0 saturated heterocycles. The van der Waals surface area contributed by atoms with Crippen LogP contribution in [0.15, 0.2) is 58.3 Å². The van der Waals surface area contributed by atoms with Crippen molar-refractivity contribution in [1.82, 2.24) is 0 Å². The molecule has 2 aromatic rings. The van der Waals surface area contributed by atoms with Gasteiger partial charge in [0.2, 0.25) is 0 Å². The molecule has 2 aromatic carbocycles. The van der Waals surface area contributed by atoms with Crippen LogP contribution < -0.4 is 8.70 Å². The van der Waals surface area contributed by atoms with Crippen molar-refractivity contribution in [3.8, 4) is 0 Å². The Morgan fingerprint density at radius 1 is 0.600 bits per heavy atom. The van der Waals surface area contributed by atoms with Gasteiger partial charge in [-0.05, 0) is 0 Å². The van der Waals surface area contributed by atoms with Crippen LogP contribution in [-0.4, -0.2) is 33.7 Å². The van der Waals surface area contributed by atoms with Crippen molar-refractivity contribution in [2.45, 2.75) is 9.79 Å². The standard InChI is InChI=1S/C12H12As2S/c13-9-1-5-11(6-2-9)15-12-7-3-10(14)4-8-12/h1-8H,13-14H2. The monoisotopic (exact) mass is 338 g/mol. The first-order chi connectivity index (χ1) is 7.24. The van der Waals surface area contributed by atoms with Crippen LogP contribution in [0.1, 0.15) is 0 Å². The van der Waals surface area contributed by atoms with Gasteiger partial charge in [-0.25, -0.2) is 0 Å². The summed E-state index contributed by atoms with van der Waals surface area (Å²) < 4.78 is 2.75. The van der Waals surface area contributed by atoms with E-state index in [0.29, 0.717) is 0 Å². The zero-order valence-electron chi connectivity index (χ0n) is 8.18. The first-order valence-corrected chi connectivity index (χ1v) is 7.87. The molecule has 15 heavy (non-hydrogen) atoms.